The molecule has 3 fully saturated rings. The predicted octanol–water partition coefficient (Wildman–Crippen LogP) is 2.41. The highest BCUT2D eigenvalue weighted by atomic mass is 16.4. The number of fused-ring (bicyclic) bond motifs is 1. The van der Waals surface area contributed by atoms with Gasteiger partial charge in [0.05, 0.1) is 5.92 Å². The molecule has 2 heterocycles. The summed E-state index contributed by atoms with van der Waals surface area (Å²) in [5.74, 6) is -0.446. The number of likely N-dealkylation sites (tertiary alicyclic amines) is 2. The van der Waals surface area contributed by atoms with Gasteiger partial charge >= 0.3 is 12.0 Å². The van der Waals surface area contributed by atoms with Crippen molar-refractivity contribution < 1.29 is 14.7 Å². The molecule has 3 rings (SSSR count). The van der Waals surface area contributed by atoms with E-state index in [-0.39, 0.29) is 11.9 Å². The highest BCUT2D eigenvalue weighted by Gasteiger charge is 2.42. The maximum absolute atomic E-state index is 12.8. The number of aliphatic carboxylic acids is 1. The largest absolute Gasteiger partial charge is 0.481 e. The molecule has 2 aliphatic heterocycles. The molecule has 0 radical (unpaired) electrons. The van der Waals surface area contributed by atoms with Crippen LogP contribution in [0.1, 0.15) is 45.4 Å². The maximum Gasteiger partial charge on any atom is 0.320 e. The lowest BCUT2D eigenvalue weighted by atomic mass is 9.78. The fourth-order valence-corrected chi connectivity index (χ4v) is 4.49. The predicted molar refractivity (Wildman–Crippen MR) is 78.9 cm³/mol. The van der Waals surface area contributed by atoms with Crippen LogP contribution in [0.3, 0.4) is 0 Å². The smallest absolute Gasteiger partial charge is 0.320 e. The third kappa shape index (κ3) is 2.74. The Morgan fingerprint density at radius 3 is 2.48 bits per heavy atom. The molecular formula is C16H26N2O3. The number of nitrogens with zero attached hydrogens (tertiary/aromatic N) is 2. The summed E-state index contributed by atoms with van der Waals surface area (Å²) in [6.07, 6.45) is 7.25. The quantitative estimate of drug-likeness (QED) is 0.808. The Hall–Kier alpha value is -1.26. The maximum atomic E-state index is 12.8. The van der Waals surface area contributed by atoms with E-state index in [2.05, 4.69) is 4.90 Å². The number of amides is 2. The average molecular weight is 294 g/mol. The van der Waals surface area contributed by atoms with Gasteiger partial charge in [-0.25, -0.2) is 4.79 Å². The molecule has 2 amide bonds. The first-order valence-corrected chi connectivity index (χ1v) is 8.36. The van der Waals surface area contributed by atoms with Gasteiger partial charge in [0.25, 0.3) is 0 Å². The van der Waals surface area contributed by atoms with Crippen molar-refractivity contribution in [1.82, 2.24) is 9.80 Å². The Balaban J connectivity index is 1.68. The number of hydrogen-bond acceptors (Lipinski definition) is 2. The van der Waals surface area contributed by atoms with Gasteiger partial charge in [-0.2, -0.15) is 0 Å². The summed E-state index contributed by atoms with van der Waals surface area (Å²) < 4.78 is 0. The Bertz CT molecular complexity index is 424. The van der Waals surface area contributed by atoms with Gasteiger partial charge in [0, 0.05) is 25.7 Å². The van der Waals surface area contributed by atoms with Gasteiger partial charge in [-0.3, -0.25) is 4.79 Å². The number of carboxylic acid groups (broad SMARTS) is 1. The standard InChI is InChI=1S/C16H26N2O3/c1-11-9-17(10-13(11)15(19)20)16(21)18-8-4-6-12-5-2-3-7-14(12)18/h11-14H,2-10H2,1H3,(H,19,20)/t11?,12-,13?,14-/m1/s1. The van der Waals surface area contributed by atoms with E-state index in [1.165, 1.54) is 25.7 Å². The van der Waals surface area contributed by atoms with Crippen molar-refractivity contribution in [3.63, 3.8) is 0 Å². The lowest BCUT2D eigenvalue weighted by Crippen LogP contribution is -2.53. The van der Waals surface area contributed by atoms with E-state index in [0.717, 1.165) is 19.4 Å². The number of carbonyl (C=O) groups excluding carboxylic acids is 1. The van der Waals surface area contributed by atoms with Gasteiger partial charge in [-0.1, -0.05) is 19.8 Å². The second-order valence-corrected chi connectivity index (χ2v) is 7.06. The van der Waals surface area contributed by atoms with Crippen molar-refractivity contribution in [1.29, 1.82) is 0 Å². The van der Waals surface area contributed by atoms with Gasteiger partial charge in [-0.05, 0) is 37.5 Å². The lowest BCUT2D eigenvalue weighted by molar-refractivity contribution is -0.142. The van der Waals surface area contributed by atoms with E-state index in [9.17, 15) is 14.7 Å². The first-order valence-electron chi connectivity index (χ1n) is 8.36. The summed E-state index contributed by atoms with van der Waals surface area (Å²) in [4.78, 5) is 27.9. The summed E-state index contributed by atoms with van der Waals surface area (Å²) in [6, 6.07) is 0.487. The monoisotopic (exact) mass is 294 g/mol. The topological polar surface area (TPSA) is 60.9 Å². The van der Waals surface area contributed by atoms with Gasteiger partial charge in [0.2, 0.25) is 0 Å². The summed E-state index contributed by atoms with van der Waals surface area (Å²) >= 11 is 0. The normalized spacial score (nSPS) is 36.4. The van der Waals surface area contributed by atoms with Crippen LogP contribution in [0.15, 0.2) is 0 Å². The molecule has 3 aliphatic rings. The Labute approximate surface area is 126 Å². The van der Waals surface area contributed by atoms with Gasteiger partial charge < -0.3 is 14.9 Å². The van der Waals surface area contributed by atoms with Crippen molar-refractivity contribution in [3.8, 4) is 0 Å². The lowest BCUT2D eigenvalue weighted by Gasteiger charge is -2.45. The molecule has 4 atom stereocenters. The van der Waals surface area contributed by atoms with E-state index >= 15 is 0 Å². The SMILES string of the molecule is CC1CN(C(=O)N2CCC[C@H]3CCCC[C@H]32)CC1C(=O)O. The second-order valence-electron chi connectivity index (χ2n) is 7.06. The highest BCUT2D eigenvalue weighted by Crippen LogP contribution is 2.36. The third-order valence-electron chi connectivity index (χ3n) is 5.69. The van der Waals surface area contributed by atoms with Crippen molar-refractivity contribution in [2.45, 2.75) is 51.5 Å². The fraction of sp³-hybridized carbons (Fsp3) is 0.875. The number of carboxylic acids is 1. The van der Waals surface area contributed by atoms with Crippen LogP contribution in [0.25, 0.3) is 0 Å². The van der Waals surface area contributed by atoms with Crippen molar-refractivity contribution in [2.75, 3.05) is 19.6 Å². The zero-order valence-corrected chi connectivity index (χ0v) is 12.8. The first-order chi connectivity index (χ1) is 10.1. The van der Waals surface area contributed by atoms with E-state index in [4.69, 9.17) is 0 Å². The molecule has 0 spiro atoms. The van der Waals surface area contributed by atoms with Crippen molar-refractivity contribution in [3.05, 3.63) is 0 Å². The Morgan fingerprint density at radius 2 is 1.76 bits per heavy atom. The molecule has 0 bridgehead atoms. The van der Waals surface area contributed by atoms with Crippen LogP contribution >= 0.6 is 0 Å². The van der Waals surface area contributed by atoms with Gasteiger partial charge in [-0.15, -0.1) is 0 Å². The minimum absolute atomic E-state index is 0.0541. The summed E-state index contributed by atoms with van der Waals surface area (Å²) in [5, 5.41) is 9.23. The fourth-order valence-electron chi connectivity index (χ4n) is 4.49. The molecule has 1 N–H and O–H groups in total. The molecule has 5 heteroatoms. The van der Waals surface area contributed by atoms with Crippen molar-refractivity contribution in [2.24, 2.45) is 17.8 Å². The Kier molecular flexibility index (Phi) is 4.09. The highest BCUT2D eigenvalue weighted by molar-refractivity contribution is 5.78. The van der Waals surface area contributed by atoms with E-state index < -0.39 is 11.9 Å². The molecule has 5 nitrogen and oxygen atoms in total. The minimum Gasteiger partial charge on any atom is -0.481 e. The molecule has 0 aromatic heterocycles. The molecule has 118 valence electrons. The zero-order chi connectivity index (χ0) is 15.0. The Morgan fingerprint density at radius 1 is 1.05 bits per heavy atom. The first kappa shape index (κ1) is 14.7. The van der Waals surface area contributed by atoms with Crippen LogP contribution < -0.4 is 0 Å². The minimum atomic E-state index is -0.771. The summed E-state index contributed by atoms with van der Waals surface area (Å²) in [5.41, 5.74) is 0. The van der Waals surface area contributed by atoms with E-state index in [0.29, 0.717) is 25.0 Å². The van der Waals surface area contributed by atoms with Crippen LogP contribution in [0.4, 0.5) is 4.79 Å². The molecule has 0 aromatic rings. The number of hydrogen-bond donors (Lipinski definition) is 1. The zero-order valence-electron chi connectivity index (χ0n) is 12.8. The molecular weight excluding hydrogens is 268 g/mol. The molecule has 0 aromatic carbocycles. The third-order valence-corrected chi connectivity index (χ3v) is 5.69. The van der Waals surface area contributed by atoms with E-state index in [1.807, 2.05) is 6.92 Å². The molecule has 21 heavy (non-hydrogen) atoms. The molecule has 2 unspecified atom stereocenters. The molecule has 2 saturated heterocycles. The van der Waals surface area contributed by atoms with Gasteiger partial charge in [0.1, 0.15) is 0 Å². The summed E-state index contributed by atoms with van der Waals surface area (Å²) in [7, 11) is 0. The number of piperidine rings is 1. The van der Waals surface area contributed by atoms with Gasteiger partial charge in [0.15, 0.2) is 0 Å². The molecule has 1 saturated carbocycles. The van der Waals surface area contributed by atoms with Crippen LogP contribution in [0, 0.1) is 17.8 Å². The van der Waals surface area contributed by atoms with Crippen LogP contribution in [0.2, 0.25) is 0 Å². The van der Waals surface area contributed by atoms with Crippen LogP contribution in [-0.4, -0.2) is 52.6 Å². The number of carbonyl (C=O) groups is 2. The van der Waals surface area contributed by atoms with E-state index in [1.54, 1.807) is 4.90 Å². The number of urea groups is 1. The van der Waals surface area contributed by atoms with Crippen molar-refractivity contribution >= 4 is 12.0 Å². The number of rotatable bonds is 1. The summed E-state index contributed by atoms with van der Waals surface area (Å²) in [6.45, 7) is 3.75. The van der Waals surface area contributed by atoms with Crippen LogP contribution in [0.5, 0.6) is 0 Å². The average Bonchev–Trinajstić information content (AvgIpc) is 2.88. The molecule has 1 aliphatic carbocycles. The van der Waals surface area contributed by atoms with Crippen LogP contribution in [-0.2, 0) is 4.79 Å². The second kappa shape index (κ2) is 5.85.